The van der Waals surface area contributed by atoms with Crippen LogP contribution in [0.15, 0.2) is 0 Å². The molecule has 2 rings (SSSR count). The van der Waals surface area contributed by atoms with Crippen LogP contribution in [0.25, 0.3) is 0 Å². The molecule has 9 heteroatoms. The monoisotopic (exact) mass is 355 g/mol. The molecule has 3 atom stereocenters. The van der Waals surface area contributed by atoms with E-state index in [2.05, 4.69) is 15.4 Å². The number of nitrogens with zero attached hydrogens (tertiary/aromatic N) is 1. The van der Waals surface area contributed by atoms with Gasteiger partial charge >= 0.3 is 11.9 Å². The summed E-state index contributed by atoms with van der Waals surface area (Å²) in [5.41, 5.74) is -1.82. The maximum atomic E-state index is 12.9. The number of rotatable bonds is 7. The van der Waals surface area contributed by atoms with Crippen LogP contribution in [0.4, 0.5) is 0 Å². The molecule has 0 aliphatic carbocycles. The molecule has 0 bridgehead atoms. The van der Waals surface area contributed by atoms with E-state index in [4.69, 9.17) is 0 Å². The molecule has 9 nitrogen and oxygen atoms in total. The first-order valence-corrected chi connectivity index (χ1v) is 8.46. The SMILES string of the molecule is COC(=O)CN1CCC[C@]1(C(=O)O)C(=O)[C@H](C)NC(=O)[C@@H]1CCCN1. The Morgan fingerprint density at radius 1 is 1.36 bits per heavy atom. The maximum Gasteiger partial charge on any atom is 0.332 e. The van der Waals surface area contributed by atoms with Crippen molar-refractivity contribution >= 4 is 23.6 Å². The Hall–Kier alpha value is -2.00. The zero-order valence-corrected chi connectivity index (χ0v) is 14.5. The number of nitrogens with one attached hydrogen (secondary N) is 2. The van der Waals surface area contributed by atoms with Crippen molar-refractivity contribution in [2.24, 2.45) is 0 Å². The lowest BCUT2D eigenvalue weighted by atomic mass is 9.86. The molecule has 0 aromatic heterocycles. The van der Waals surface area contributed by atoms with E-state index in [9.17, 15) is 24.3 Å². The third-order valence-corrected chi connectivity index (χ3v) is 4.94. The predicted molar refractivity (Wildman–Crippen MR) is 86.8 cm³/mol. The highest BCUT2D eigenvalue weighted by atomic mass is 16.5. The Morgan fingerprint density at radius 2 is 2.08 bits per heavy atom. The van der Waals surface area contributed by atoms with Gasteiger partial charge in [0.15, 0.2) is 11.3 Å². The minimum atomic E-state index is -1.82. The average molecular weight is 355 g/mol. The van der Waals surface area contributed by atoms with Crippen molar-refractivity contribution in [3.05, 3.63) is 0 Å². The van der Waals surface area contributed by atoms with E-state index in [1.165, 1.54) is 18.9 Å². The Balaban J connectivity index is 2.14. The topological polar surface area (TPSA) is 125 Å². The second kappa shape index (κ2) is 7.92. The number of Topliss-reactive ketones (excluding diaryl/α,β-unsaturated/α-hetero) is 1. The van der Waals surface area contributed by atoms with Crippen molar-refractivity contribution in [1.82, 2.24) is 15.5 Å². The van der Waals surface area contributed by atoms with Gasteiger partial charge in [-0.05, 0) is 39.2 Å². The number of methoxy groups -OCH3 is 1. The minimum absolute atomic E-state index is 0.0973. The standard InChI is InChI=1S/C16H25N3O6/c1-10(18-14(22)11-5-3-7-17-11)13(21)16(15(23)24)6-4-8-19(16)9-12(20)25-2/h10-11,17H,3-9H2,1-2H3,(H,18,22)(H,23,24)/t10-,11-,16+/m0/s1. The number of carbonyl (C=O) groups excluding carboxylic acids is 3. The minimum Gasteiger partial charge on any atom is -0.480 e. The second-order valence-electron chi connectivity index (χ2n) is 6.51. The molecule has 2 aliphatic heterocycles. The number of ketones is 1. The highest BCUT2D eigenvalue weighted by Crippen LogP contribution is 2.31. The van der Waals surface area contributed by atoms with E-state index >= 15 is 0 Å². The fourth-order valence-corrected chi connectivity index (χ4v) is 3.58. The number of hydrogen-bond donors (Lipinski definition) is 3. The number of carbonyl (C=O) groups is 4. The summed E-state index contributed by atoms with van der Waals surface area (Å²) in [6.07, 6.45) is 2.14. The Labute approximate surface area is 146 Å². The van der Waals surface area contributed by atoms with E-state index in [0.717, 1.165) is 13.0 Å². The third kappa shape index (κ3) is 3.82. The maximum absolute atomic E-state index is 12.9. The zero-order valence-electron chi connectivity index (χ0n) is 14.5. The van der Waals surface area contributed by atoms with Crippen LogP contribution in [0, 0.1) is 0 Å². The molecule has 2 heterocycles. The van der Waals surface area contributed by atoms with Gasteiger partial charge in [0.25, 0.3) is 0 Å². The number of carboxylic acid groups (broad SMARTS) is 1. The molecule has 0 saturated carbocycles. The van der Waals surface area contributed by atoms with Crippen LogP contribution < -0.4 is 10.6 Å². The van der Waals surface area contributed by atoms with E-state index < -0.39 is 29.3 Å². The molecular formula is C16H25N3O6. The molecule has 0 aromatic rings. The van der Waals surface area contributed by atoms with Gasteiger partial charge in [-0.1, -0.05) is 0 Å². The first-order chi connectivity index (χ1) is 11.8. The van der Waals surface area contributed by atoms with Crippen molar-refractivity contribution in [1.29, 1.82) is 0 Å². The summed E-state index contributed by atoms with van der Waals surface area (Å²) in [5.74, 6) is -2.84. The fraction of sp³-hybridized carbons (Fsp3) is 0.750. The highest BCUT2D eigenvalue weighted by Gasteiger charge is 2.55. The van der Waals surface area contributed by atoms with Gasteiger partial charge in [-0.2, -0.15) is 0 Å². The van der Waals surface area contributed by atoms with Gasteiger partial charge in [0.1, 0.15) is 0 Å². The number of amides is 1. The number of carboxylic acids is 1. The molecule has 2 saturated heterocycles. The molecule has 25 heavy (non-hydrogen) atoms. The van der Waals surface area contributed by atoms with Gasteiger partial charge in [-0.15, -0.1) is 0 Å². The van der Waals surface area contributed by atoms with Gasteiger partial charge < -0.3 is 20.5 Å². The van der Waals surface area contributed by atoms with E-state index in [1.54, 1.807) is 0 Å². The smallest absolute Gasteiger partial charge is 0.332 e. The molecule has 0 spiro atoms. The van der Waals surface area contributed by atoms with E-state index in [0.29, 0.717) is 19.4 Å². The number of esters is 1. The largest absolute Gasteiger partial charge is 0.480 e. The summed E-state index contributed by atoms with van der Waals surface area (Å²) in [6, 6.07) is -1.32. The summed E-state index contributed by atoms with van der Waals surface area (Å²) in [5, 5.41) is 15.4. The molecule has 2 aliphatic rings. The highest BCUT2D eigenvalue weighted by molar-refractivity contribution is 6.11. The number of likely N-dealkylation sites (tertiary alicyclic amines) is 1. The van der Waals surface area contributed by atoms with Crippen LogP contribution in [0.1, 0.15) is 32.6 Å². The van der Waals surface area contributed by atoms with Crippen molar-refractivity contribution in [3.8, 4) is 0 Å². The van der Waals surface area contributed by atoms with E-state index in [-0.39, 0.29) is 24.9 Å². The average Bonchev–Trinajstić information content (AvgIpc) is 3.24. The normalized spacial score (nSPS) is 27.7. The van der Waals surface area contributed by atoms with Gasteiger partial charge in [-0.25, -0.2) is 4.79 Å². The first-order valence-electron chi connectivity index (χ1n) is 8.46. The Bertz CT molecular complexity index is 560. The summed E-state index contributed by atoms with van der Waals surface area (Å²) in [6.45, 7) is 2.25. The van der Waals surface area contributed by atoms with Crippen LogP contribution in [0.3, 0.4) is 0 Å². The van der Waals surface area contributed by atoms with Crippen molar-refractivity contribution in [2.75, 3.05) is 26.7 Å². The lowest BCUT2D eigenvalue weighted by Crippen LogP contribution is -2.63. The van der Waals surface area contributed by atoms with Crippen LogP contribution in [0.5, 0.6) is 0 Å². The number of hydrogen-bond acceptors (Lipinski definition) is 7. The fourth-order valence-electron chi connectivity index (χ4n) is 3.58. The van der Waals surface area contributed by atoms with Crippen molar-refractivity contribution in [2.45, 2.75) is 50.2 Å². The van der Waals surface area contributed by atoms with Crippen molar-refractivity contribution in [3.63, 3.8) is 0 Å². The third-order valence-electron chi connectivity index (χ3n) is 4.94. The second-order valence-corrected chi connectivity index (χ2v) is 6.51. The van der Waals surface area contributed by atoms with Gasteiger partial charge in [-0.3, -0.25) is 19.3 Å². The lowest BCUT2D eigenvalue weighted by Gasteiger charge is -2.34. The van der Waals surface area contributed by atoms with Crippen LogP contribution in [-0.4, -0.2) is 78.0 Å². The zero-order chi connectivity index (χ0) is 18.6. The molecule has 2 fully saturated rings. The summed E-state index contributed by atoms with van der Waals surface area (Å²) in [7, 11) is 1.21. The number of ether oxygens (including phenoxy) is 1. The van der Waals surface area contributed by atoms with Crippen LogP contribution >= 0.6 is 0 Å². The Morgan fingerprint density at radius 3 is 2.64 bits per heavy atom. The predicted octanol–water partition coefficient (Wildman–Crippen LogP) is -1.10. The Kier molecular flexibility index (Phi) is 6.12. The summed E-state index contributed by atoms with van der Waals surface area (Å²) in [4.78, 5) is 50.0. The van der Waals surface area contributed by atoms with Crippen LogP contribution in [-0.2, 0) is 23.9 Å². The van der Waals surface area contributed by atoms with Crippen molar-refractivity contribution < 1.29 is 29.0 Å². The molecule has 1 amide bonds. The molecule has 0 unspecified atom stereocenters. The molecule has 0 aromatic carbocycles. The molecule has 140 valence electrons. The van der Waals surface area contributed by atoms with Gasteiger partial charge in [0.2, 0.25) is 5.91 Å². The quantitative estimate of drug-likeness (QED) is 0.388. The van der Waals surface area contributed by atoms with Gasteiger partial charge in [0, 0.05) is 6.54 Å². The first kappa shape index (κ1) is 19.3. The van der Waals surface area contributed by atoms with Gasteiger partial charge in [0.05, 0.1) is 25.7 Å². The van der Waals surface area contributed by atoms with E-state index in [1.807, 2.05) is 0 Å². The molecular weight excluding hydrogens is 330 g/mol. The molecule has 3 N–H and O–H groups in total. The van der Waals surface area contributed by atoms with Crippen LogP contribution in [0.2, 0.25) is 0 Å². The number of aliphatic carboxylic acids is 1. The molecule has 0 radical (unpaired) electrons. The summed E-state index contributed by atoms with van der Waals surface area (Å²) >= 11 is 0. The lowest BCUT2D eigenvalue weighted by molar-refractivity contribution is -0.159. The summed E-state index contributed by atoms with van der Waals surface area (Å²) < 4.78 is 4.59.